The third-order valence-corrected chi connectivity index (χ3v) is 4.81. The van der Waals surface area contributed by atoms with Gasteiger partial charge >= 0.3 is 0 Å². The van der Waals surface area contributed by atoms with Crippen molar-refractivity contribution in [2.75, 3.05) is 16.8 Å². The minimum Gasteiger partial charge on any atom is -0.322 e. The molecule has 3 aromatic rings. The van der Waals surface area contributed by atoms with Gasteiger partial charge in [0.25, 0.3) is 5.91 Å². The highest BCUT2D eigenvalue weighted by atomic mass is 35.5. The fraction of sp³-hybridized carbons (Fsp3) is 0.143. The van der Waals surface area contributed by atoms with Crippen molar-refractivity contribution in [1.82, 2.24) is 0 Å². The molecule has 0 aromatic heterocycles. The summed E-state index contributed by atoms with van der Waals surface area (Å²) in [6.07, 6.45) is 1.29. The summed E-state index contributed by atoms with van der Waals surface area (Å²) in [5.74, 6) is -0.237. The summed E-state index contributed by atoms with van der Waals surface area (Å²) >= 11 is 6.10. The van der Waals surface area contributed by atoms with Crippen molar-refractivity contribution in [2.45, 2.75) is 12.8 Å². The quantitative estimate of drug-likeness (QED) is 0.720. The maximum absolute atomic E-state index is 12.9. The van der Waals surface area contributed by atoms with E-state index in [1.807, 2.05) is 42.5 Å². The first-order chi connectivity index (χ1) is 12.6. The van der Waals surface area contributed by atoms with Crippen molar-refractivity contribution in [1.29, 1.82) is 0 Å². The number of fused-ring (bicyclic) bond motifs is 1. The predicted octanol–water partition coefficient (Wildman–Crippen LogP) is 4.87. The summed E-state index contributed by atoms with van der Waals surface area (Å²) in [5, 5.41) is 5.59. The zero-order valence-corrected chi connectivity index (χ0v) is 14.8. The molecule has 0 atom stereocenters. The maximum Gasteiger partial charge on any atom is 0.257 e. The molecule has 130 valence electrons. The second-order valence-electron chi connectivity index (χ2n) is 6.33. The van der Waals surface area contributed by atoms with E-state index in [-0.39, 0.29) is 11.8 Å². The molecule has 0 spiro atoms. The van der Waals surface area contributed by atoms with Crippen LogP contribution in [0.2, 0.25) is 5.02 Å². The predicted molar refractivity (Wildman–Crippen MR) is 105 cm³/mol. The first kappa shape index (κ1) is 16.6. The van der Waals surface area contributed by atoms with Crippen molar-refractivity contribution in [3.8, 4) is 0 Å². The molecule has 1 aliphatic heterocycles. The van der Waals surface area contributed by atoms with E-state index in [0.717, 1.165) is 17.2 Å². The van der Waals surface area contributed by atoms with Crippen LogP contribution in [0.4, 0.5) is 11.4 Å². The zero-order valence-electron chi connectivity index (χ0n) is 14.0. The number of hydrogen-bond acceptors (Lipinski definition) is 2. The molecule has 3 aromatic carbocycles. The molecule has 0 saturated carbocycles. The fourth-order valence-electron chi connectivity index (χ4n) is 3.29. The van der Waals surface area contributed by atoms with Crippen molar-refractivity contribution < 1.29 is 9.59 Å². The third-order valence-electron chi connectivity index (χ3n) is 4.58. The van der Waals surface area contributed by atoms with Crippen LogP contribution in [-0.4, -0.2) is 18.4 Å². The Morgan fingerprint density at radius 3 is 2.58 bits per heavy atom. The topological polar surface area (TPSA) is 49.4 Å². The lowest BCUT2D eigenvalue weighted by Crippen LogP contribution is -2.27. The van der Waals surface area contributed by atoms with Crippen LogP contribution in [0.1, 0.15) is 23.2 Å². The zero-order chi connectivity index (χ0) is 18.1. The van der Waals surface area contributed by atoms with Crippen LogP contribution < -0.4 is 10.2 Å². The SMILES string of the molecule is O=C(Nc1ccc2ccccc2c1)c1ccc(Cl)cc1N1CCCC1=O. The van der Waals surface area contributed by atoms with Crippen molar-refractivity contribution in [2.24, 2.45) is 0 Å². The second-order valence-corrected chi connectivity index (χ2v) is 6.76. The van der Waals surface area contributed by atoms with Gasteiger partial charge in [-0.15, -0.1) is 0 Å². The van der Waals surface area contributed by atoms with E-state index in [1.54, 1.807) is 23.1 Å². The Bertz CT molecular complexity index is 1020. The second kappa shape index (κ2) is 6.81. The van der Waals surface area contributed by atoms with E-state index >= 15 is 0 Å². The molecule has 4 nitrogen and oxygen atoms in total. The minimum absolute atomic E-state index is 0.0204. The maximum atomic E-state index is 12.9. The van der Waals surface area contributed by atoms with Gasteiger partial charge in [-0.1, -0.05) is 41.9 Å². The highest BCUT2D eigenvalue weighted by Gasteiger charge is 2.26. The summed E-state index contributed by atoms with van der Waals surface area (Å²) < 4.78 is 0. The van der Waals surface area contributed by atoms with E-state index in [2.05, 4.69) is 5.32 Å². The van der Waals surface area contributed by atoms with Gasteiger partial charge in [-0.3, -0.25) is 9.59 Å². The highest BCUT2D eigenvalue weighted by Crippen LogP contribution is 2.29. The lowest BCUT2D eigenvalue weighted by atomic mass is 10.1. The average Bonchev–Trinajstić information content (AvgIpc) is 3.07. The minimum atomic E-state index is -0.258. The van der Waals surface area contributed by atoms with Gasteiger partial charge in [-0.2, -0.15) is 0 Å². The van der Waals surface area contributed by atoms with E-state index in [0.29, 0.717) is 34.9 Å². The monoisotopic (exact) mass is 364 g/mol. The number of anilines is 2. The molecule has 26 heavy (non-hydrogen) atoms. The summed E-state index contributed by atoms with van der Waals surface area (Å²) in [5.41, 5.74) is 1.72. The van der Waals surface area contributed by atoms with Gasteiger partial charge in [-0.25, -0.2) is 0 Å². The van der Waals surface area contributed by atoms with Gasteiger partial charge < -0.3 is 10.2 Å². The van der Waals surface area contributed by atoms with Gasteiger partial charge in [0, 0.05) is 23.7 Å². The van der Waals surface area contributed by atoms with Crippen molar-refractivity contribution >= 4 is 45.6 Å². The van der Waals surface area contributed by atoms with Crippen LogP contribution in [0.3, 0.4) is 0 Å². The average molecular weight is 365 g/mol. The van der Waals surface area contributed by atoms with Crippen LogP contribution in [0.15, 0.2) is 60.7 Å². The van der Waals surface area contributed by atoms with Crippen LogP contribution in [0.5, 0.6) is 0 Å². The molecular formula is C21H17ClN2O2. The number of rotatable bonds is 3. The molecule has 2 amide bonds. The summed E-state index contributed by atoms with van der Waals surface area (Å²) in [6.45, 7) is 0.607. The number of hydrogen-bond donors (Lipinski definition) is 1. The standard InChI is InChI=1S/C21H17ClN2O2/c22-16-8-10-18(19(13-16)24-11-3-6-20(24)25)21(26)23-17-9-7-14-4-1-2-5-15(14)12-17/h1-2,4-5,7-10,12-13H,3,6,11H2,(H,23,26). The molecule has 1 fully saturated rings. The van der Waals surface area contributed by atoms with Crippen LogP contribution in [0.25, 0.3) is 10.8 Å². The smallest absolute Gasteiger partial charge is 0.257 e. The molecule has 1 saturated heterocycles. The first-order valence-electron chi connectivity index (χ1n) is 8.52. The molecule has 0 radical (unpaired) electrons. The largest absolute Gasteiger partial charge is 0.322 e. The Hall–Kier alpha value is -2.85. The molecule has 1 heterocycles. The Labute approximate surface area is 156 Å². The molecule has 4 rings (SSSR count). The Morgan fingerprint density at radius 1 is 1.00 bits per heavy atom. The number of nitrogens with zero attached hydrogens (tertiary/aromatic N) is 1. The van der Waals surface area contributed by atoms with E-state index in [4.69, 9.17) is 11.6 Å². The van der Waals surface area contributed by atoms with Gasteiger partial charge in [0.05, 0.1) is 11.3 Å². The molecule has 0 aliphatic carbocycles. The third kappa shape index (κ3) is 3.16. The van der Waals surface area contributed by atoms with Gasteiger partial charge in [0.15, 0.2) is 0 Å². The molecule has 0 bridgehead atoms. The Morgan fingerprint density at radius 2 is 1.81 bits per heavy atom. The Kier molecular flexibility index (Phi) is 4.35. The molecular weight excluding hydrogens is 348 g/mol. The number of carbonyl (C=O) groups is 2. The number of nitrogens with one attached hydrogen (secondary N) is 1. The van der Waals surface area contributed by atoms with Crippen LogP contribution >= 0.6 is 11.6 Å². The highest BCUT2D eigenvalue weighted by molar-refractivity contribution is 6.31. The Balaban J connectivity index is 1.66. The van der Waals surface area contributed by atoms with E-state index in [1.165, 1.54) is 0 Å². The molecule has 0 unspecified atom stereocenters. The first-order valence-corrected chi connectivity index (χ1v) is 8.90. The number of benzene rings is 3. The number of carbonyl (C=O) groups excluding carboxylic acids is 2. The van der Waals surface area contributed by atoms with Gasteiger partial charge in [0.2, 0.25) is 5.91 Å². The van der Waals surface area contributed by atoms with E-state index in [9.17, 15) is 9.59 Å². The fourth-order valence-corrected chi connectivity index (χ4v) is 3.45. The normalized spacial score (nSPS) is 14.0. The van der Waals surface area contributed by atoms with Crippen molar-refractivity contribution in [3.05, 3.63) is 71.2 Å². The van der Waals surface area contributed by atoms with Gasteiger partial charge in [-0.05, 0) is 47.5 Å². The lowest BCUT2D eigenvalue weighted by Gasteiger charge is -2.20. The molecule has 1 N–H and O–H groups in total. The molecule has 1 aliphatic rings. The van der Waals surface area contributed by atoms with Gasteiger partial charge in [0.1, 0.15) is 0 Å². The summed E-state index contributed by atoms with van der Waals surface area (Å²) in [7, 11) is 0. The lowest BCUT2D eigenvalue weighted by molar-refractivity contribution is -0.117. The van der Waals surface area contributed by atoms with Crippen LogP contribution in [-0.2, 0) is 4.79 Å². The molecule has 5 heteroatoms. The summed E-state index contributed by atoms with van der Waals surface area (Å²) in [6, 6.07) is 18.8. The van der Waals surface area contributed by atoms with E-state index < -0.39 is 0 Å². The van der Waals surface area contributed by atoms with Crippen LogP contribution in [0, 0.1) is 0 Å². The van der Waals surface area contributed by atoms with Crippen molar-refractivity contribution in [3.63, 3.8) is 0 Å². The number of halogens is 1. The number of amides is 2. The summed E-state index contributed by atoms with van der Waals surface area (Å²) in [4.78, 5) is 26.6.